The van der Waals surface area contributed by atoms with E-state index in [0.29, 0.717) is 23.8 Å². The molecule has 1 saturated heterocycles. The lowest BCUT2D eigenvalue weighted by Gasteiger charge is -2.37. The summed E-state index contributed by atoms with van der Waals surface area (Å²) in [6.07, 6.45) is 4.39. The standard InChI is InChI=1S/C15H13ClN4O2/c16-11-3-1-2-4-12(11)19-14(21)10-8-20(9-10)15(22)13-7-17-5-6-18-13/h1-7,10H,8-9H2,(H,19,21). The number of nitrogens with one attached hydrogen (secondary N) is 1. The second kappa shape index (κ2) is 6.11. The molecule has 1 aliphatic rings. The van der Waals surface area contributed by atoms with Crippen LogP contribution >= 0.6 is 11.6 Å². The lowest BCUT2D eigenvalue weighted by molar-refractivity contribution is -0.123. The summed E-state index contributed by atoms with van der Waals surface area (Å²) in [5.41, 5.74) is 0.861. The predicted octanol–water partition coefficient (Wildman–Crippen LogP) is 1.84. The molecule has 1 aromatic heterocycles. The minimum atomic E-state index is -0.239. The molecule has 3 rings (SSSR count). The van der Waals surface area contributed by atoms with E-state index in [9.17, 15) is 9.59 Å². The summed E-state index contributed by atoms with van der Waals surface area (Å²) in [5.74, 6) is -0.594. The number of aromatic nitrogens is 2. The van der Waals surface area contributed by atoms with E-state index in [-0.39, 0.29) is 23.4 Å². The van der Waals surface area contributed by atoms with Crippen molar-refractivity contribution in [3.8, 4) is 0 Å². The van der Waals surface area contributed by atoms with Crippen LogP contribution in [-0.2, 0) is 4.79 Å². The number of rotatable bonds is 3. The second-order valence-electron chi connectivity index (χ2n) is 4.97. The molecule has 0 atom stereocenters. The summed E-state index contributed by atoms with van der Waals surface area (Å²) in [6, 6.07) is 7.04. The van der Waals surface area contributed by atoms with Gasteiger partial charge in [-0.1, -0.05) is 23.7 Å². The van der Waals surface area contributed by atoms with Gasteiger partial charge in [0, 0.05) is 25.5 Å². The molecule has 0 saturated carbocycles. The summed E-state index contributed by atoms with van der Waals surface area (Å²) in [5, 5.41) is 3.26. The van der Waals surface area contributed by atoms with Crippen molar-refractivity contribution in [3.05, 3.63) is 53.6 Å². The Morgan fingerprint density at radius 2 is 2.00 bits per heavy atom. The maximum absolute atomic E-state index is 12.1. The predicted molar refractivity (Wildman–Crippen MR) is 81.5 cm³/mol. The van der Waals surface area contributed by atoms with Crippen LogP contribution in [0.3, 0.4) is 0 Å². The van der Waals surface area contributed by atoms with Gasteiger partial charge in [-0.3, -0.25) is 14.6 Å². The highest BCUT2D eigenvalue weighted by molar-refractivity contribution is 6.33. The van der Waals surface area contributed by atoms with Gasteiger partial charge < -0.3 is 10.2 Å². The first-order valence-corrected chi connectivity index (χ1v) is 7.13. The van der Waals surface area contributed by atoms with Gasteiger partial charge in [0.15, 0.2) is 0 Å². The first kappa shape index (κ1) is 14.5. The SMILES string of the molecule is O=C(Nc1ccccc1Cl)C1CN(C(=O)c2cnccn2)C1. The first-order chi connectivity index (χ1) is 10.6. The zero-order chi connectivity index (χ0) is 15.5. The van der Waals surface area contributed by atoms with E-state index < -0.39 is 0 Å². The minimum absolute atomic E-state index is 0.142. The fraction of sp³-hybridized carbons (Fsp3) is 0.200. The Bertz CT molecular complexity index is 702. The number of hydrogen-bond acceptors (Lipinski definition) is 4. The third-order valence-electron chi connectivity index (χ3n) is 3.45. The fourth-order valence-corrected chi connectivity index (χ4v) is 2.36. The van der Waals surface area contributed by atoms with E-state index in [4.69, 9.17) is 11.6 Å². The summed E-state index contributed by atoms with van der Waals surface area (Å²) in [7, 11) is 0. The van der Waals surface area contributed by atoms with Crippen molar-refractivity contribution in [2.75, 3.05) is 18.4 Å². The average molecular weight is 317 g/mol. The Labute approximate surface area is 132 Å². The number of hydrogen-bond donors (Lipinski definition) is 1. The van der Waals surface area contributed by atoms with Crippen LogP contribution in [0.4, 0.5) is 5.69 Å². The number of nitrogens with zero attached hydrogens (tertiary/aromatic N) is 3. The molecule has 0 radical (unpaired) electrons. The smallest absolute Gasteiger partial charge is 0.274 e. The van der Waals surface area contributed by atoms with Gasteiger partial charge in [-0.2, -0.15) is 0 Å². The Hall–Kier alpha value is -2.47. The molecule has 1 fully saturated rings. The molecule has 2 aromatic rings. The van der Waals surface area contributed by atoms with Gasteiger partial charge in [-0.15, -0.1) is 0 Å². The maximum Gasteiger partial charge on any atom is 0.274 e. The number of likely N-dealkylation sites (tertiary alicyclic amines) is 1. The Balaban J connectivity index is 1.56. The van der Waals surface area contributed by atoms with Crippen LogP contribution in [0, 0.1) is 5.92 Å². The zero-order valence-corrected chi connectivity index (χ0v) is 12.3. The van der Waals surface area contributed by atoms with Gasteiger partial charge in [0.2, 0.25) is 5.91 Å². The molecule has 0 aliphatic carbocycles. The molecule has 2 heterocycles. The van der Waals surface area contributed by atoms with Gasteiger partial charge >= 0.3 is 0 Å². The summed E-state index contributed by atoms with van der Waals surface area (Å²) >= 11 is 6.00. The molecule has 0 bridgehead atoms. The number of para-hydroxylation sites is 1. The monoisotopic (exact) mass is 316 g/mol. The molecule has 22 heavy (non-hydrogen) atoms. The third-order valence-corrected chi connectivity index (χ3v) is 3.78. The molecule has 1 aromatic carbocycles. The van der Waals surface area contributed by atoms with Crippen molar-refractivity contribution < 1.29 is 9.59 Å². The van der Waals surface area contributed by atoms with Crippen LogP contribution in [0.15, 0.2) is 42.9 Å². The van der Waals surface area contributed by atoms with E-state index in [2.05, 4.69) is 15.3 Å². The molecular weight excluding hydrogens is 304 g/mol. The Morgan fingerprint density at radius 3 is 2.68 bits per heavy atom. The number of carbonyl (C=O) groups excluding carboxylic acids is 2. The van der Waals surface area contributed by atoms with Crippen LogP contribution in [-0.4, -0.2) is 39.8 Å². The fourth-order valence-electron chi connectivity index (χ4n) is 2.18. The van der Waals surface area contributed by atoms with Crippen LogP contribution in [0.2, 0.25) is 5.02 Å². The molecule has 6 nitrogen and oxygen atoms in total. The van der Waals surface area contributed by atoms with Gasteiger partial charge in [-0.05, 0) is 12.1 Å². The average Bonchev–Trinajstić information content (AvgIpc) is 2.49. The molecule has 0 unspecified atom stereocenters. The summed E-state index contributed by atoms with van der Waals surface area (Å²) in [6.45, 7) is 0.734. The highest BCUT2D eigenvalue weighted by atomic mass is 35.5. The molecule has 1 aliphatic heterocycles. The molecule has 112 valence electrons. The van der Waals surface area contributed by atoms with Crippen LogP contribution < -0.4 is 5.32 Å². The quantitative estimate of drug-likeness (QED) is 0.937. The van der Waals surface area contributed by atoms with Crippen molar-refractivity contribution in [2.45, 2.75) is 0 Å². The first-order valence-electron chi connectivity index (χ1n) is 6.76. The molecule has 7 heteroatoms. The Morgan fingerprint density at radius 1 is 1.23 bits per heavy atom. The van der Waals surface area contributed by atoms with E-state index >= 15 is 0 Å². The normalized spacial score (nSPS) is 14.3. The van der Waals surface area contributed by atoms with E-state index in [1.54, 1.807) is 29.2 Å². The number of anilines is 1. The number of carbonyl (C=O) groups is 2. The molecule has 0 spiro atoms. The Kier molecular flexibility index (Phi) is 4.02. The van der Waals surface area contributed by atoms with Crippen molar-refractivity contribution in [3.63, 3.8) is 0 Å². The van der Waals surface area contributed by atoms with Crippen molar-refractivity contribution >= 4 is 29.1 Å². The number of halogens is 1. The number of benzene rings is 1. The van der Waals surface area contributed by atoms with Crippen molar-refractivity contribution in [1.29, 1.82) is 0 Å². The summed E-state index contributed by atoms with van der Waals surface area (Å²) < 4.78 is 0. The van der Waals surface area contributed by atoms with Gasteiger partial charge in [-0.25, -0.2) is 4.98 Å². The third kappa shape index (κ3) is 2.92. The maximum atomic E-state index is 12.1. The van der Waals surface area contributed by atoms with Crippen LogP contribution in [0.5, 0.6) is 0 Å². The van der Waals surface area contributed by atoms with Gasteiger partial charge in [0.1, 0.15) is 5.69 Å². The molecular formula is C15H13ClN4O2. The van der Waals surface area contributed by atoms with Crippen molar-refractivity contribution in [1.82, 2.24) is 14.9 Å². The zero-order valence-electron chi connectivity index (χ0n) is 11.6. The topological polar surface area (TPSA) is 75.2 Å². The highest BCUT2D eigenvalue weighted by Gasteiger charge is 2.36. The highest BCUT2D eigenvalue weighted by Crippen LogP contribution is 2.24. The minimum Gasteiger partial charge on any atom is -0.336 e. The summed E-state index contributed by atoms with van der Waals surface area (Å²) in [4.78, 5) is 33.6. The van der Waals surface area contributed by atoms with Crippen LogP contribution in [0.25, 0.3) is 0 Å². The lowest BCUT2D eigenvalue weighted by atomic mass is 9.98. The van der Waals surface area contributed by atoms with Crippen LogP contribution in [0.1, 0.15) is 10.5 Å². The van der Waals surface area contributed by atoms with Crippen molar-refractivity contribution in [2.24, 2.45) is 5.92 Å². The number of amides is 2. The van der Waals surface area contributed by atoms with Gasteiger partial charge in [0.05, 0.1) is 22.8 Å². The van der Waals surface area contributed by atoms with Gasteiger partial charge in [0.25, 0.3) is 5.91 Å². The van der Waals surface area contributed by atoms with E-state index in [1.165, 1.54) is 18.6 Å². The molecule has 1 N–H and O–H groups in total. The second-order valence-corrected chi connectivity index (χ2v) is 5.37. The lowest BCUT2D eigenvalue weighted by Crippen LogP contribution is -2.54. The van der Waals surface area contributed by atoms with E-state index in [0.717, 1.165) is 0 Å². The molecule has 2 amide bonds. The van der Waals surface area contributed by atoms with E-state index in [1.807, 2.05) is 0 Å². The largest absolute Gasteiger partial charge is 0.336 e.